The number of nitriles is 1. The number of nitrogens with one attached hydrogen (secondary N) is 1. The number of benzene rings is 1. The second-order valence-corrected chi connectivity index (χ2v) is 5.27. The van der Waals surface area contributed by atoms with Crippen LogP contribution in [0.2, 0.25) is 0 Å². The Bertz CT molecular complexity index is 536. The average Bonchev–Trinajstić information content (AvgIpc) is 2.95. The predicted molar refractivity (Wildman–Crippen MR) is 78.6 cm³/mol. The lowest BCUT2D eigenvalue weighted by Gasteiger charge is -2.15. The van der Waals surface area contributed by atoms with E-state index in [0.717, 1.165) is 25.7 Å². The van der Waals surface area contributed by atoms with E-state index in [1.807, 2.05) is 6.19 Å². The van der Waals surface area contributed by atoms with Gasteiger partial charge in [-0.1, -0.05) is 17.8 Å². The van der Waals surface area contributed by atoms with Crippen molar-refractivity contribution < 1.29 is 9.13 Å². The van der Waals surface area contributed by atoms with Crippen LogP contribution in [0.5, 0.6) is 5.75 Å². The minimum Gasteiger partial charge on any atom is -0.485 e. The number of ether oxygens (including phenoxy) is 1. The zero-order chi connectivity index (χ0) is 14.4. The lowest BCUT2D eigenvalue weighted by molar-refractivity contribution is 0.202. The zero-order valence-corrected chi connectivity index (χ0v) is 12.0. The van der Waals surface area contributed by atoms with Crippen molar-refractivity contribution in [2.75, 3.05) is 6.26 Å². The molecule has 0 amide bonds. The maximum Gasteiger partial charge on any atom is 0.183 e. The predicted octanol–water partition coefficient (Wildman–Crippen LogP) is 3.57. The molecule has 0 saturated heterocycles. The summed E-state index contributed by atoms with van der Waals surface area (Å²) in [4.78, 5) is 4.25. The first-order chi connectivity index (χ1) is 9.74. The fourth-order valence-corrected chi connectivity index (χ4v) is 2.49. The molecule has 1 fully saturated rings. The highest BCUT2D eigenvalue weighted by atomic mass is 32.2. The summed E-state index contributed by atoms with van der Waals surface area (Å²) < 4.78 is 19.7. The number of amidine groups is 1. The van der Waals surface area contributed by atoms with Crippen LogP contribution in [-0.2, 0) is 0 Å². The van der Waals surface area contributed by atoms with Gasteiger partial charge in [-0.05, 0) is 44.1 Å². The SMILES string of the molecule is CSC(=Nc1cccc(F)c1OC1CCCC1)NC#N. The molecule has 0 aromatic heterocycles. The Balaban J connectivity index is 2.27. The second-order valence-electron chi connectivity index (χ2n) is 4.47. The molecule has 2 rings (SSSR count). The lowest BCUT2D eigenvalue weighted by atomic mass is 10.2. The monoisotopic (exact) mass is 293 g/mol. The smallest absolute Gasteiger partial charge is 0.183 e. The maximum absolute atomic E-state index is 14.0. The summed E-state index contributed by atoms with van der Waals surface area (Å²) in [5.74, 6) is -0.249. The first kappa shape index (κ1) is 14.7. The summed E-state index contributed by atoms with van der Waals surface area (Å²) in [6, 6.07) is 4.63. The van der Waals surface area contributed by atoms with E-state index in [4.69, 9.17) is 10.00 Å². The molecule has 0 bridgehead atoms. The highest BCUT2D eigenvalue weighted by Gasteiger charge is 2.20. The molecule has 0 radical (unpaired) electrons. The van der Waals surface area contributed by atoms with E-state index in [9.17, 15) is 4.39 Å². The van der Waals surface area contributed by atoms with Crippen molar-refractivity contribution >= 4 is 22.6 Å². The molecule has 106 valence electrons. The third kappa shape index (κ3) is 3.64. The number of rotatable bonds is 3. The first-order valence-corrected chi connectivity index (χ1v) is 7.70. The molecule has 1 aliphatic carbocycles. The molecule has 1 N–H and O–H groups in total. The minimum atomic E-state index is -0.421. The van der Waals surface area contributed by atoms with Crippen LogP contribution < -0.4 is 10.1 Å². The maximum atomic E-state index is 14.0. The molecular weight excluding hydrogens is 277 g/mol. The van der Waals surface area contributed by atoms with Gasteiger partial charge in [0.25, 0.3) is 0 Å². The molecule has 0 atom stereocenters. The van der Waals surface area contributed by atoms with Crippen molar-refractivity contribution in [1.29, 1.82) is 5.26 Å². The number of hydrogen-bond donors (Lipinski definition) is 1. The highest BCUT2D eigenvalue weighted by Crippen LogP contribution is 2.34. The molecule has 6 heteroatoms. The Morgan fingerprint density at radius 3 is 2.90 bits per heavy atom. The van der Waals surface area contributed by atoms with Crippen molar-refractivity contribution in [2.45, 2.75) is 31.8 Å². The van der Waals surface area contributed by atoms with Crippen LogP contribution in [0.4, 0.5) is 10.1 Å². The van der Waals surface area contributed by atoms with Gasteiger partial charge in [0.15, 0.2) is 22.9 Å². The number of hydrogen-bond acceptors (Lipinski definition) is 4. The van der Waals surface area contributed by atoms with E-state index in [2.05, 4.69) is 10.3 Å². The molecule has 0 heterocycles. The van der Waals surface area contributed by atoms with Gasteiger partial charge in [-0.3, -0.25) is 5.32 Å². The van der Waals surface area contributed by atoms with E-state index < -0.39 is 5.82 Å². The minimum absolute atomic E-state index is 0.0579. The quantitative estimate of drug-likeness (QED) is 0.400. The number of aliphatic imine (C=N–C) groups is 1. The van der Waals surface area contributed by atoms with Gasteiger partial charge in [-0.2, -0.15) is 5.26 Å². The Labute approximate surface area is 122 Å². The Hall–Kier alpha value is -1.74. The topological polar surface area (TPSA) is 57.4 Å². The van der Waals surface area contributed by atoms with Gasteiger partial charge in [0, 0.05) is 0 Å². The molecule has 1 saturated carbocycles. The number of thioether (sulfide) groups is 1. The Morgan fingerprint density at radius 2 is 2.25 bits per heavy atom. The first-order valence-electron chi connectivity index (χ1n) is 6.47. The highest BCUT2D eigenvalue weighted by molar-refractivity contribution is 8.13. The molecule has 0 unspecified atom stereocenters. The van der Waals surface area contributed by atoms with Gasteiger partial charge in [0.2, 0.25) is 0 Å². The third-order valence-electron chi connectivity index (χ3n) is 3.11. The van der Waals surface area contributed by atoms with Crippen molar-refractivity contribution in [3.05, 3.63) is 24.0 Å². The Kier molecular flexibility index (Phi) is 5.24. The van der Waals surface area contributed by atoms with E-state index in [1.165, 1.54) is 17.8 Å². The van der Waals surface area contributed by atoms with Gasteiger partial charge in [0.1, 0.15) is 5.69 Å². The number of nitrogens with zero attached hydrogens (tertiary/aromatic N) is 2. The molecule has 1 aromatic carbocycles. The van der Waals surface area contributed by atoms with Crippen LogP contribution in [0.1, 0.15) is 25.7 Å². The van der Waals surface area contributed by atoms with Crippen LogP contribution in [0.15, 0.2) is 23.2 Å². The third-order valence-corrected chi connectivity index (χ3v) is 3.69. The summed E-state index contributed by atoms with van der Waals surface area (Å²) >= 11 is 1.29. The van der Waals surface area contributed by atoms with E-state index in [-0.39, 0.29) is 11.9 Å². The van der Waals surface area contributed by atoms with Gasteiger partial charge in [-0.25, -0.2) is 9.38 Å². The van der Waals surface area contributed by atoms with Gasteiger partial charge >= 0.3 is 0 Å². The number of halogens is 1. The molecule has 1 aliphatic rings. The average molecular weight is 293 g/mol. The molecule has 0 aliphatic heterocycles. The number of para-hydroxylation sites is 1. The van der Waals surface area contributed by atoms with Crippen molar-refractivity contribution in [3.63, 3.8) is 0 Å². The summed E-state index contributed by atoms with van der Waals surface area (Å²) in [6.07, 6.45) is 7.78. The molecule has 4 nitrogen and oxygen atoms in total. The van der Waals surface area contributed by atoms with Crippen LogP contribution in [0.25, 0.3) is 0 Å². The fourth-order valence-electron chi connectivity index (χ4n) is 2.16. The normalized spacial score (nSPS) is 15.9. The summed E-state index contributed by atoms with van der Waals surface area (Å²) in [5, 5.41) is 11.5. The summed E-state index contributed by atoms with van der Waals surface area (Å²) in [5.41, 5.74) is 0.406. The molecular formula is C14H16FN3OS. The molecule has 1 aromatic rings. The molecule has 0 spiro atoms. The summed E-state index contributed by atoms with van der Waals surface area (Å²) in [6.45, 7) is 0. The molecule has 20 heavy (non-hydrogen) atoms. The lowest BCUT2D eigenvalue weighted by Crippen LogP contribution is -2.14. The van der Waals surface area contributed by atoms with Crippen LogP contribution in [0, 0.1) is 17.3 Å². The second kappa shape index (κ2) is 7.15. The fraction of sp³-hybridized carbons (Fsp3) is 0.429. The van der Waals surface area contributed by atoms with Gasteiger partial charge in [-0.15, -0.1) is 0 Å². The van der Waals surface area contributed by atoms with Crippen LogP contribution in [0.3, 0.4) is 0 Å². The largest absolute Gasteiger partial charge is 0.485 e. The van der Waals surface area contributed by atoms with Crippen molar-refractivity contribution in [1.82, 2.24) is 5.32 Å². The van der Waals surface area contributed by atoms with Gasteiger partial charge < -0.3 is 4.74 Å². The van der Waals surface area contributed by atoms with Crippen molar-refractivity contribution in [3.8, 4) is 11.9 Å². The van der Waals surface area contributed by atoms with Gasteiger partial charge in [0.05, 0.1) is 6.10 Å². The standard InChI is InChI=1S/C14H16FN3OS/c1-20-14(17-9-16)18-12-8-4-7-11(15)13(12)19-10-5-2-3-6-10/h4,7-8,10H,2-3,5-6H2,1H3,(H,17,18). The van der Waals surface area contributed by atoms with E-state index in [1.54, 1.807) is 18.4 Å². The summed E-state index contributed by atoms with van der Waals surface area (Å²) in [7, 11) is 0. The van der Waals surface area contributed by atoms with Crippen LogP contribution >= 0.6 is 11.8 Å². The van der Waals surface area contributed by atoms with E-state index >= 15 is 0 Å². The Morgan fingerprint density at radius 1 is 1.50 bits per heavy atom. The van der Waals surface area contributed by atoms with E-state index in [0.29, 0.717) is 10.9 Å². The van der Waals surface area contributed by atoms with Crippen LogP contribution in [-0.4, -0.2) is 17.5 Å². The zero-order valence-electron chi connectivity index (χ0n) is 11.2. The van der Waals surface area contributed by atoms with Crippen molar-refractivity contribution in [2.24, 2.45) is 4.99 Å².